The van der Waals surface area contributed by atoms with Crippen molar-refractivity contribution in [2.75, 3.05) is 0 Å². The van der Waals surface area contributed by atoms with Crippen LogP contribution < -0.4 is 0 Å². The van der Waals surface area contributed by atoms with E-state index in [-0.39, 0.29) is 28.9 Å². The SMILES string of the molecule is CCC(CCC(C)c1ccc(O)c(O)c1)c1ccc(O)c(O)c1. The Balaban J connectivity index is 2.04. The maximum Gasteiger partial charge on any atom is 0.157 e. The van der Waals surface area contributed by atoms with E-state index in [1.165, 1.54) is 12.1 Å². The second-order valence-corrected chi connectivity index (χ2v) is 6.08. The molecule has 0 amide bonds. The number of aromatic hydroxyl groups is 4. The van der Waals surface area contributed by atoms with Crippen molar-refractivity contribution in [1.82, 2.24) is 0 Å². The Hall–Kier alpha value is -2.36. The highest BCUT2D eigenvalue weighted by atomic mass is 16.3. The molecule has 124 valence electrons. The minimum atomic E-state index is -0.105. The zero-order valence-corrected chi connectivity index (χ0v) is 13.5. The van der Waals surface area contributed by atoms with Gasteiger partial charge in [-0.3, -0.25) is 0 Å². The average molecular weight is 316 g/mol. The van der Waals surface area contributed by atoms with Crippen LogP contribution >= 0.6 is 0 Å². The molecule has 2 rings (SSSR count). The fraction of sp³-hybridized carbons (Fsp3) is 0.368. The van der Waals surface area contributed by atoms with Gasteiger partial charge in [-0.15, -0.1) is 0 Å². The van der Waals surface area contributed by atoms with Gasteiger partial charge in [0, 0.05) is 0 Å². The van der Waals surface area contributed by atoms with Gasteiger partial charge in [0.1, 0.15) is 0 Å². The van der Waals surface area contributed by atoms with Gasteiger partial charge in [0.15, 0.2) is 23.0 Å². The summed E-state index contributed by atoms with van der Waals surface area (Å²) in [7, 11) is 0. The molecule has 2 atom stereocenters. The normalized spacial score (nSPS) is 13.7. The fourth-order valence-electron chi connectivity index (χ4n) is 2.87. The largest absolute Gasteiger partial charge is 0.504 e. The summed E-state index contributed by atoms with van der Waals surface area (Å²) in [6.45, 7) is 4.19. The molecule has 0 aliphatic heterocycles. The summed E-state index contributed by atoms with van der Waals surface area (Å²) in [6.07, 6.45) is 2.80. The summed E-state index contributed by atoms with van der Waals surface area (Å²) < 4.78 is 0. The Kier molecular flexibility index (Phi) is 5.37. The smallest absolute Gasteiger partial charge is 0.157 e. The summed E-state index contributed by atoms with van der Waals surface area (Å²) in [5, 5.41) is 38.1. The van der Waals surface area contributed by atoms with Crippen molar-refractivity contribution in [1.29, 1.82) is 0 Å². The zero-order valence-electron chi connectivity index (χ0n) is 13.5. The minimum absolute atomic E-state index is 0.0857. The van der Waals surface area contributed by atoms with Crippen molar-refractivity contribution >= 4 is 0 Å². The lowest BCUT2D eigenvalue weighted by Crippen LogP contribution is -2.01. The van der Waals surface area contributed by atoms with Crippen molar-refractivity contribution in [3.63, 3.8) is 0 Å². The quantitative estimate of drug-likeness (QED) is 0.588. The molecule has 0 aromatic heterocycles. The maximum absolute atomic E-state index is 9.65. The Morgan fingerprint density at radius 1 is 0.739 bits per heavy atom. The van der Waals surface area contributed by atoms with Crippen LogP contribution in [-0.4, -0.2) is 20.4 Å². The van der Waals surface area contributed by atoms with Crippen molar-refractivity contribution in [2.45, 2.75) is 44.9 Å². The number of hydrogen-bond acceptors (Lipinski definition) is 4. The highest BCUT2D eigenvalue weighted by Gasteiger charge is 2.15. The molecule has 23 heavy (non-hydrogen) atoms. The number of phenols is 4. The number of hydrogen-bond donors (Lipinski definition) is 4. The summed E-state index contributed by atoms with van der Waals surface area (Å²) in [5.41, 5.74) is 2.01. The van der Waals surface area contributed by atoms with Crippen molar-refractivity contribution in [3.05, 3.63) is 47.5 Å². The molecule has 4 N–H and O–H groups in total. The Labute approximate surface area is 136 Å². The first kappa shape index (κ1) is 17.0. The lowest BCUT2D eigenvalue weighted by molar-refractivity contribution is 0.401. The Morgan fingerprint density at radius 2 is 1.26 bits per heavy atom. The highest BCUT2D eigenvalue weighted by Crippen LogP contribution is 2.35. The molecule has 4 heteroatoms. The standard InChI is InChI=1S/C19H24O4/c1-3-13(15-7-9-17(21)19(23)11-15)5-4-12(2)14-6-8-16(20)18(22)10-14/h6-13,20-23H,3-5H2,1-2H3. The van der Waals surface area contributed by atoms with Crippen LogP contribution in [0, 0.1) is 0 Å². The maximum atomic E-state index is 9.65. The molecule has 2 unspecified atom stereocenters. The first-order chi connectivity index (χ1) is 10.9. The van der Waals surface area contributed by atoms with Crippen molar-refractivity contribution in [2.24, 2.45) is 0 Å². The van der Waals surface area contributed by atoms with Crippen LogP contribution in [0.3, 0.4) is 0 Å². The second kappa shape index (κ2) is 7.27. The van der Waals surface area contributed by atoms with Crippen molar-refractivity contribution < 1.29 is 20.4 Å². The van der Waals surface area contributed by atoms with E-state index in [2.05, 4.69) is 13.8 Å². The summed E-state index contributed by atoms with van der Waals surface area (Å²) in [6, 6.07) is 9.94. The topological polar surface area (TPSA) is 80.9 Å². The van der Waals surface area contributed by atoms with Crippen LogP contribution in [0.1, 0.15) is 56.1 Å². The van der Waals surface area contributed by atoms with Crippen LogP contribution in [0.15, 0.2) is 36.4 Å². The number of benzene rings is 2. The number of phenolic OH excluding ortho intramolecular Hbond substituents is 4. The van der Waals surface area contributed by atoms with Crippen LogP contribution in [0.2, 0.25) is 0 Å². The van der Waals surface area contributed by atoms with Crippen molar-refractivity contribution in [3.8, 4) is 23.0 Å². The molecule has 0 bridgehead atoms. The third kappa shape index (κ3) is 4.09. The third-order valence-electron chi connectivity index (χ3n) is 4.48. The van der Waals surface area contributed by atoms with Gasteiger partial charge in [0.25, 0.3) is 0 Å². The Bertz CT molecular complexity index is 666. The van der Waals surface area contributed by atoms with E-state index in [1.807, 2.05) is 12.1 Å². The molecule has 0 fully saturated rings. The minimum Gasteiger partial charge on any atom is -0.504 e. The number of rotatable bonds is 6. The van der Waals surface area contributed by atoms with E-state index in [4.69, 9.17) is 0 Å². The van der Waals surface area contributed by atoms with Crippen LogP contribution in [0.25, 0.3) is 0 Å². The fourth-order valence-corrected chi connectivity index (χ4v) is 2.87. The molecule has 2 aromatic carbocycles. The van der Waals surface area contributed by atoms with E-state index in [9.17, 15) is 20.4 Å². The first-order valence-corrected chi connectivity index (χ1v) is 7.96. The molecular formula is C19H24O4. The molecular weight excluding hydrogens is 292 g/mol. The van der Waals surface area contributed by atoms with Gasteiger partial charge in [0.05, 0.1) is 0 Å². The molecule has 2 aromatic rings. The molecule has 0 saturated heterocycles. The van der Waals surface area contributed by atoms with Crippen LogP contribution in [0.4, 0.5) is 0 Å². The molecule has 0 heterocycles. The van der Waals surface area contributed by atoms with Gasteiger partial charge in [-0.2, -0.15) is 0 Å². The van der Waals surface area contributed by atoms with Gasteiger partial charge in [-0.05, 0) is 66.5 Å². The van der Waals surface area contributed by atoms with Crippen LogP contribution in [-0.2, 0) is 0 Å². The van der Waals surface area contributed by atoms with Gasteiger partial charge < -0.3 is 20.4 Å². The van der Waals surface area contributed by atoms with Crippen LogP contribution in [0.5, 0.6) is 23.0 Å². The van der Waals surface area contributed by atoms with E-state index in [0.717, 1.165) is 30.4 Å². The van der Waals surface area contributed by atoms with E-state index in [0.29, 0.717) is 5.92 Å². The van der Waals surface area contributed by atoms with Gasteiger partial charge in [-0.1, -0.05) is 26.0 Å². The first-order valence-electron chi connectivity index (χ1n) is 7.96. The zero-order chi connectivity index (χ0) is 17.0. The summed E-state index contributed by atoms with van der Waals surface area (Å²) in [5.74, 6) is 0.168. The monoisotopic (exact) mass is 316 g/mol. The molecule has 0 radical (unpaired) electrons. The Morgan fingerprint density at radius 3 is 1.78 bits per heavy atom. The highest BCUT2D eigenvalue weighted by molar-refractivity contribution is 5.42. The second-order valence-electron chi connectivity index (χ2n) is 6.08. The molecule has 4 nitrogen and oxygen atoms in total. The molecule has 0 saturated carbocycles. The lowest BCUT2D eigenvalue weighted by Gasteiger charge is -2.19. The van der Waals surface area contributed by atoms with Gasteiger partial charge in [0.2, 0.25) is 0 Å². The van der Waals surface area contributed by atoms with E-state index < -0.39 is 0 Å². The average Bonchev–Trinajstić information content (AvgIpc) is 2.53. The lowest BCUT2D eigenvalue weighted by atomic mass is 9.86. The predicted molar refractivity (Wildman–Crippen MR) is 90.2 cm³/mol. The summed E-state index contributed by atoms with van der Waals surface area (Å²) in [4.78, 5) is 0. The third-order valence-corrected chi connectivity index (χ3v) is 4.48. The predicted octanol–water partition coefficient (Wildman–Crippen LogP) is 4.59. The van der Waals surface area contributed by atoms with E-state index >= 15 is 0 Å². The van der Waals surface area contributed by atoms with Gasteiger partial charge >= 0.3 is 0 Å². The summed E-state index contributed by atoms with van der Waals surface area (Å²) >= 11 is 0. The molecule has 0 aliphatic carbocycles. The van der Waals surface area contributed by atoms with Gasteiger partial charge in [-0.25, -0.2) is 0 Å². The van der Waals surface area contributed by atoms with E-state index in [1.54, 1.807) is 12.1 Å². The molecule has 0 spiro atoms. The molecule has 0 aliphatic rings.